The standard InChI is InChI=1S/C26H29N3O2S/c1-15-21(24(16(2)30)31-26(3,4)5)22(17-10-12-29-13-11-27-20(29)14-17)23-18-8-6-7-9-19(18)32-25(23)28-15/h10-14,24H,6-9H2,1-5H3/t24-/m1/s1. The molecule has 0 N–H and O–H groups in total. The number of carbonyl (C=O) groups is 1. The van der Waals surface area contributed by atoms with E-state index < -0.39 is 11.7 Å². The minimum atomic E-state index is -0.669. The summed E-state index contributed by atoms with van der Waals surface area (Å²) in [4.78, 5) is 25.0. The van der Waals surface area contributed by atoms with E-state index in [1.807, 2.05) is 55.8 Å². The smallest absolute Gasteiger partial charge is 0.163 e. The molecule has 1 aliphatic rings. The fourth-order valence-electron chi connectivity index (χ4n) is 4.80. The molecule has 1 aliphatic carbocycles. The number of thiophene rings is 1. The van der Waals surface area contributed by atoms with E-state index in [-0.39, 0.29) is 5.78 Å². The second-order valence-electron chi connectivity index (χ2n) is 9.71. The van der Waals surface area contributed by atoms with Gasteiger partial charge in [0.15, 0.2) is 5.78 Å². The summed E-state index contributed by atoms with van der Waals surface area (Å²) in [5, 5.41) is 1.20. The number of pyridine rings is 2. The van der Waals surface area contributed by atoms with Crippen molar-refractivity contribution in [3.63, 3.8) is 0 Å². The molecule has 1 atom stereocenters. The third-order valence-electron chi connectivity index (χ3n) is 6.12. The van der Waals surface area contributed by atoms with E-state index in [1.54, 1.807) is 13.1 Å². The van der Waals surface area contributed by atoms with Crippen molar-refractivity contribution in [2.45, 2.75) is 72.0 Å². The third kappa shape index (κ3) is 3.65. The van der Waals surface area contributed by atoms with E-state index in [2.05, 4.69) is 17.1 Å². The highest BCUT2D eigenvalue weighted by Crippen LogP contribution is 2.45. The second-order valence-corrected chi connectivity index (χ2v) is 10.8. The van der Waals surface area contributed by atoms with Gasteiger partial charge in [0, 0.05) is 45.7 Å². The molecule has 4 aromatic heterocycles. The van der Waals surface area contributed by atoms with E-state index in [9.17, 15) is 4.79 Å². The van der Waals surface area contributed by atoms with Crippen LogP contribution in [0.4, 0.5) is 0 Å². The van der Waals surface area contributed by atoms with Gasteiger partial charge in [0.1, 0.15) is 16.6 Å². The first-order valence-electron chi connectivity index (χ1n) is 11.3. The highest BCUT2D eigenvalue weighted by molar-refractivity contribution is 7.19. The van der Waals surface area contributed by atoms with Crippen molar-refractivity contribution in [3.8, 4) is 11.1 Å². The van der Waals surface area contributed by atoms with Crippen molar-refractivity contribution in [2.75, 3.05) is 0 Å². The van der Waals surface area contributed by atoms with Crippen LogP contribution in [0.2, 0.25) is 0 Å². The lowest BCUT2D eigenvalue weighted by Crippen LogP contribution is -2.27. The normalized spacial score (nSPS) is 15.3. The Balaban J connectivity index is 1.87. The van der Waals surface area contributed by atoms with Crippen molar-refractivity contribution in [1.29, 1.82) is 0 Å². The maximum atomic E-state index is 12.9. The highest BCUT2D eigenvalue weighted by Gasteiger charge is 2.32. The van der Waals surface area contributed by atoms with Crippen LogP contribution in [0.1, 0.15) is 68.3 Å². The Bertz CT molecular complexity index is 1340. The average molecular weight is 448 g/mol. The Morgan fingerprint density at radius 1 is 1.22 bits per heavy atom. The number of ether oxygens (including phenoxy) is 1. The Kier molecular flexibility index (Phi) is 5.18. The molecule has 0 aromatic carbocycles. The lowest BCUT2D eigenvalue weighted by molar-refractivity contribution is -0.138. The largest absolute Gasteiger partial charge is 0.360 e. The van der Waals surface area contributed by atoms with Crippen molar-refractivity contribution in [3.05, 3.63) is 52.4 Å². The van der Waals surface area contributed by atoms with Gasteiger partial charge in [-0.05, 0) is 83.6 Å². The predicted molar refractivity (Wildman–Crippen MR) is 129 cm³/mol. The minimum Gasteiger partial charge on any atom is -0.360 e. The lowest BCUT2D eigenvalue weighted by atomic mass is 9.87. The molecular weight excluding hydrogens is 418 g/mol. The number of imidazole rings is 1. The van der Waals surface area contributed by atoms with Gasteiger partial charge in [0.2, 0.25) is 0 Å². The van der Waals surface area contributed by atoms with E-state index in [4.69, 9.17) is 9.72 Å². The number of fused-ring (bicyclic) bond motifs is 4. The van der Waals surface area contributed by atoms with Gasteiger partial charge in [-0.2, -0.15) is 0 Å². The van der Waals surface area contributed by atoms with Crippen molar-refractivity contribution < 1.29 is 9.53 Å². The van der Waals surface area contributed by atoms with Crippen molar-refractivity contribution in [2.24, 2.45) is 0 Å². The van der Waals surface area contributed by atoms with Crippen molar-refractivity contribution >= 4 is 33.0 Å². The minimum absolute atomic E-state index is 0.00332. The van der Waals surface area contributed by atoms with Crippen LogP contribution in [0.25, 0.3) is 27.0 Å². The molecule has 5 rings (SSSR count). The molecule has 166 valence electrons. The number of ketones is 1. The molecule has 0 radical (unpaired) electrons. The number of aromatic nitrogens is 3. The molecule has 0 amide bonds. The van der Waals surface area contributed by atoms with E-state index >= 15 is 0 Å². The van der Waals surface area contributed by atoms with E-state index in [0.29, 0.717) is 0 Å². The topological polar surface area (TPSA) is 56.5 Å². The van der Waals surface area contributed by atoms with Gasteiger partial charge < -0.3 is 9.14 Å². The van der Waals surface area contributed by atoms with Crippen LogP contribution in [-0.2, 0) is 22.4 Å². The molecule has 0 saturated heterocycles. The fraction of sp³-hybridized carbons (Fsp3) is 0.423. The van der Waals surface area contributed by atoms with Gasteiger partial charge in [0.05, 0.1) is 5.60 Å². The highest BCUT2D eigenvalue weighted by atomic mass is 32.1. The molecule has 0 aliphatic heterocycles. The van der Waals surface area contributed by atoms with Gasteiger partial charge in [-0.15, -0.1) is 11.3 Å². The first kappa shape index (κ1) is 21.3. The quantitative estimate of drug-likeness (QED) is 0.371. The van der Waals surface area contributed by atoms with Crippen LogP contribution in [0.15, 0.2) is 30.7 Å². The van der Waals surface area contributed by atoms with Gasteiger partial charge in [-0.3, -0.25) is 4.79 Å². The predicted octanol–water partition coefficient (Wildman–Crippen LogP) is 6.24. The van der Waals surface area contributed by atoms with Gasteiger partial charge in [0.25, 0.3) is 0 Å². The summed E-state index contributed by atoms with van der Waals surface area (Å²) in [6, 6.07) is 4.23. The molecule has 0 fully saturated rings. The first-order chi connectivity index (χ1) is 15.2. The van der Waals surface area contributed by atoms with Crippen LogP contribution >= 0.6 is 11.3 Å². The zero-order valence-electron chi connectivity index (χ0n) is 19.4. The number of aryl methyl sites for hydroxylation is 3. The van der Waals surface area contributed by atoms with Gasteiger partial charge in [-0.1, -0.05) is 0 Å². The van der Waals surface area contributed by atoms with Crippen LogP contribution in [0, 0.1) is 6.92 Å². The number of nitrogens with zero attached hydrogens (tertiary/aromatic N) is 3. The average Bonchev–Trinajstić information content (AvgIpc) is 3.33. The SMILES string of the molecule is CC(=O)[C@@H](OC(C)(C)C)c1c(C)nc2sc3c(c2c1-c1ccn2ccnc2c1)CCCC3. The van der Waals surface area contributed by atoms with Crippen molar-refractivity contribution in [1.82, 2.24) is 14.4 Å². The summed E-state index contributed by atoms with van der Waals surface area (Å²) in [5.41, 5.74) is 5.72. The Hall–Kier alpha value is -2.57. The van der Waals surface area contributed by atoms with Crippen LogP contribution < -0.4 is 0 Å². The molecular formula is C26H29N3O2S. The summed E-state index contributed by atoms with van der Waals surface area (Å²) in [6.07, 6.45) is 9.70. The summed E-state index contributed by atoms with van der Waals surface area (Å²) in [6.45, 7) is 9.60. The van der Waals surface area contributed by atoms with Crippen LogP contribution in [0.3, 0.4) is 0 Å². The number of carbonyl (C=O) groups excluding carboxylic acids is 1. The number of hydrogen-bond acceptors (Lipinski definition) is 5. The summed E-state index contributed by atoms with van der Waals surface area (Å²) < 4.78 is 8.37. The zero-order chi connectivity index (χ0) is 22.6. The molecule has 6 heteroatoms. The second kappa shape index (κ2) is 7.78. The molecule has 0 spiro atoms. The zero-order valence-corrected chi connectivity index (χ0v) is 20.2. The fourth-order valence-corrected chi connectivity index (χ4v) is 6.12. The third-order valence-corrected chi connectivity index (χ3v) is 7.31. The Labute approximate surface area is 192 Å². The van der Waals surface area contributed by atoms with E-state index in [1.165, 1.54) is 28.7 Å². The molecule has 4 aromatic rings. The van der Waals surface area contributed by atoms with Crippen LogP contribution in [-0.4, -0.2) is 25.8 Å². The lowest BCUT2D eigenvalue weighted by Gasteiger charge is -2.29. The Morgan fingerprint density at radius 3 is 2.75 bits per heavy atom. The maximum absolute atomic E-state index is 12.9. The molecule has 4 heterocycles. The molecule has 0 unspecified atom stereocenters. The van der Waals surface area contributed by atoms with E-state index in [0.717, 1.165) is 45.7 Å². The van der Waals surface area contributed by atoms with Gasteiger partial charge in [-0.25, -0.2) is 9.97 Å². The molecule has 5 nitrogen and oxygen atoms in total. The Morgan fingerprint density at radius 2 is 2.00 bits per heavy atom. The summed E-state index contributed by atoms with van der Waals surface area (Å²) >= 11 is 1.81. The number of rotatable bonds is 4. The summed E-state index contributed by atoms with van der Waals surface area (Å²) in [7, 11) is 0. The number of hydrogen-bond donors (Lipinski definition) is 0. The first-order valence-corrected chi connectivity index (χ1v) is 12.1. The summed E-state index contributed by atoms with van der Waals surface area (Å²) in [5.74, 6) is -0.00332. The maximum Gasteiger partial charge on any atom is 0.163 e. The number of Topliss-reactive ketones (excluding diaryl/α,β-unsaturated/α-hetero) is 1. The molecule has 0 bridgehead atoms. The molecule has 0 saturated carbocycles. The monoisotopic (exact) mass is 447 g/mol. The molecule has 32 heavy (non-hydrogen) atoms. The van der Waals surface area contributed by atoms with Gasteiger partial charge >= 0.3 is 0 Å². The van der Waals surface area contributed by atoms with Crippen LogP contribution in [0.5, 0.6) is 0 Å².